The predicted molar refractivity (Wildman–Crippen MR) is 130 cm³/mol. The maximum atomic E-state index is 11.2. The van der Waals surface area contributed by atoms with Crippen LogP contribution in [0.2, 0.25) is 0 Å². The van der Waals surface area contributed by atoms with E-state index in [1.165, 1.54) is 32.1 Å². The van der Waals surface area contributed by atoms with Crippen molar-refractivity contribution in [2.75, 3.05) is 0 Å². The summed E-state index contributed by atoms with van der Waals surface area (Å²) in [6, 6.07) is 0. The molecule has 4 saturated carbocycles. The van der Waals surface area contributed by atoms with Crippen LogP contribution in [0.25, 0.3) is 0 Å². The highest BCUT2D eigenvalue weighted by Gasteiger charge is 2.62. The van der Waals surface area contributed by atoms with Gasteiger partial charge in [-0.3, -0.25) is 0 Å². The van der Waals surface area contributed by atoms with E-state index in [0.717, 1.165) is 49.4 Å². The van der Waals surface area contributed by atoms with Gasteiger partial charge in [-0.05, 0) is 116 Å². The van der Waals surface area contributed by atoms with Crippen molar-refractivity contribution in [1.29, 1.82) is 0 Å². The second-order valence-corrected chi connectivity index (χ2v) is 13.0. The van der Waals surface area contributed by atoms with Crippen LogP contribution in [-0.4, -0.2) is 22.4 Å². The van der Waals surface area contributed by atoms with E-state index in [1.807, 2.05) is 0 Å². The average molecular weight is 431 g/mol. The molecule has 0 amide bonds. The van der Waals surface area contributed by atoms with E-state index in [2.05, 4.69) is 53.7 Å². The van der Waals surface area contributed by atoms with Gasteiger partial charge in [0.2, 0.25) is 0 Å². The minimum Gasteiger partial charge on any atom is -0.393 e. The van der Waals surface area contributed by atoms with E-state index in [4.69, 9.17) is 0 Å². The first-order chi connectivity index (χ1) is 14.6. The Morgan fingerprint density at radius 3 is 2.19 bits per heavy atom. The summed E-state index contributed by atoms with van der Waals surface area (Å²) in [5, 5.41) is 21.5. The first kappa shape index (κ1) is 23.8. The van der Waals surface area contributed by atoms with Crippen molar-refractivity contribution in [3.8, 4) is 0 Å². The SMILES string of the molecule is CC[C@H](/C=C/[C@@H](C)[C@H]1CC[C@H]2[C@@H]3C[C@@H](O)[C@H]4C[C@@H](O)CC[C@]4(C)[C@H]3CC[C@]12C)C(C)C. The van der Waals surface area contributed by atoms with Crippen LogP contribution in [0, 0.1) is 58.2 Å². The maximum absolute atomic E-state index is 11.2. The molecule has 2 nitrogen and oxygen atoms in total. The van der Waals surface area contributed by atoms with Gasteiger partial charge in [0.1, 0.15) is 0 Å². The first-order valence-corrected chi connectivity index (χ1v) is 13.7. The lowest BCUT2D eigenvalue weighted by Crippen LogP contribution is -2.58. The lowest BCUT2D eigenvalue weighted by atomic mass is 9.44. The molecule has 0 aromatic rings. The van der Waals surface area contributed by atoms with Crippen LogP contribution in [0.5, 0.6) is 0 Å². The van der Waals surface area contributed by atoms with Crippen molar-refractivity contribution in [3.63, 3.8) is 0 Å². The Morgan fingerprint density at radius 2 is 1.52 bits per heavy atom. The lowest BCUT2D eigenvalue weighted by molar-refractivity contribution is -0.171. The standard InChI is InChI=1S/C29H50O2/c1-7-20(18(2)3)9-8-19(4)23-10-11-24-22-17-27(31)26-16-21(30)12-14-29(26,6)25(22)13-15-28(23,24)5/h8-9,18-27,30-31H,7,10-17H2,1-6H3/b9-8+/t19-,20-,21+,22+,23-,24+,25+,26-,27-,28-,29-/m1/s1. The second kappa shape index (κ2) is 8.79. The van der Waals surface area contributed by atoms with Gasteiger partial charge in [-0.15, -0.1) is 0 Å². The van der Waals surface area contributed by atoms with Crippen LogP contribution in [0.15, 0.2) is 12.2 Å². The van der Waals surface area contributed by atoms with Gasteiger partial charge >= 0.3 is 0 Å². The molecule has 0 aliphatic heterocycles. The highest BCUT2D eigenvalue weighted by atomic mass is 16.3. The Kier molecular flexibility index (Phi) is 6.75. The molecule has 0 unspecified atom stereocenters. The minimum atomic E-state index is -0.212. The second-order valence-electron chi connectivity index (χ2n) is 13.0. The van der Waals surface area contributed by atoms with Gasteiger partial charge in [0.05, 0.1) is 12.2 Å². The average Bonchev–Trinajstić information content (AvgIpc) is 3.07. The zero-order valence-electron chi connectivity index (χ0n) is 21.2. The van der Waals surface area contributed by atoms with Crippen LogP contribution < -0.4 is 0 Å². The zero-order chi connectivity index (χ0) is 22.6. The molecular weight excluding hydrogens is 380 g/mol. The van der Waals surface area contributed by atoms with Gasteiger partial charge in [-0.2, -0.15) is 0 Å². The molecule has 4 aliphatic carbocycles. The van der Waals surface area contributed by atoms with Gasteiger partial charge in [0.15, 0.2) is 0 Å². The van der Waals surface area contributed by atoms with E-state index >= 15 is 0 Å². The topological polar surface area (TPSA) is 40.5 Å². The highest BCUT2D eigenvalue weighted by Crippen LogP contribution is 2.68. The molecule has 0 spiro atoms. The third-order valence-electron chi connectivity index (χ3n) is 11.3. The number of fused-ring (bicyclic) bond motifs is 5. The third kappa shape index (κ3) is 3.96. The van der Waals surface area contributed by atoms with Gasteiger partial charge in [0, 0.05) is 0 Å². The molecule has 11 atom stereocenters. The largest absolute Gasteiger partial charge is 0.393 e. The van der Waals surface area contributed by atoms with Crippen LogP contribution in [0.3, 0.4) is 0 Å². The Hall–Kier alpha value is -0.340. The van der Waals surface area contributed by atoms with E-state index in [-0.39, 0.29) is 17.6 Å². The number of hydrogen-bond acceptors (Lipinski definition) is 2. The first-order valence-electron chi connectivity index (χ1n) is 13.7. The summed E-state index contributed by atoms with van der Waals surface area (Å²) < 4.78 is 0. The summed E-state index contributed by atoms with van der Waals surface area (Å²) in [5.41, 5.74) is 0.666. The Labute approximate surface area is 192 Å². The van der Waals surface area contributed by atoms with E-state index in [1.54, 1.807) is 0 Å². The van der Waals surface area contributed by atoms with Crippen molar-refractivity contribution in [1.82, 2.24) is 0 Å². The molecular formula is C29H50O2. The summed E-state index contributed by atoms with van der Waals surface area (Å²) in [4.78, 5) is 0. The smallest absolute Gasteiger partial charge is 0.0577 e. The lowest BCUT2D eigenvalue weighted by Gasteiger charge is -2.62. The maximum Gasteiger partial charge on any atom is 0.0577 e. The Morgan fingerprint density at radius 1 is 0.839 bits per heavy atom. The number of allylic oxidation sites excluding steroid dienone is 2. The molecule has 178 valence electrons. The number of hydrogen-bond donors (Lipinski definition) is 2. The number of aliphatic hydroxyl groups is 2. The van der Waals surface area contributed by atoms with E-state index < -0.39 is 0 Å². The molecule has 0 bridgehead atoms. The molecule has 31 heavy (non-hydrogen) atoms. The molecule has 2 heteroatoms. The summed E-state index contributed by atoms with van der Waals surface area (Å²) >= 11 is 0. The fourth-order valence-corrected chi connectivity index (χ4v) is 9.46. The quantitative estimate of drug-likeness (QED) is 0.468. The zero-order valence-corrected chi connectivity index (χ0v) is 21.2. The van der Waals surface area contributed by atoms with Crippen LogP contribution in [-0.2, 0) is 0 Å². The highest BCUT2D eigenvalue weighted by molar-refractivity contribution is 5.12. The monoisotopic (exact) mass is 430 g/mol. The normalized spacial score (nSPS) is 49.5. The fourth-order valence-electron chi connectivity index (χ4n) is 9.46. The Balaban J connectivity index is 1.53. The van der Waals surface area contributed by atoms with Crippen molar-refractivity contribution in [2.24, 2.45) is 58.2 Å². The van der Waals surface area contributed by atoms with Crippen LogP contribution in [0.1, 0.15) is 99.3 Å². The summed E-state index contributed by atoms with van der Waals surface area (Å²) in [5.74, 6) is 5.39. The molecule has 0 radical (unpaired) electrons. The van der Waals surface area contributed by atoms with Crippen molar-refractivity contribution < 1.29 is 10.2 Å². The van der Waals surface area contributed by atoms with Gasteiger partial charge in [-0.25, -0.2) is 0 Å². The van der Waals surface area contributed by atoms with Crippen molar-refractivity contribution >= 4 is 0 Å². The van der Waals surface area contributed by atoms with Crippen molar-refractivity contribution in [2.45, 2.75) is 112 Å². The van der Waals surface area contributed by atoms with Crippen molar-refractivity contribution in [3.05, 3.63) is 12.2 Å². The van der Waals surface area contributed by atoms with Crippen LogP contribution >= 0.6 is 0 Å². The van der Waals surface area contributed by atoms with E-state index in [0.29, 0.717) is 29.1 Å². The van der Waals surface area contributed by atoms with Gasteiger partial charge in [-0.1, -0.05) is 53.7 Å². The third-order valence-corrected chi connectivity index (χ3v) is 11.3. The summed E-state index contributed by atoms with van der Waals surface area (Å²) in [6.45, 7) is 14.6. The van der Waals surface area contributed by atoms with Gasteiger partial charge < -0.3 is 10.2 Å². The fraction of sp³-hybridized carbons (Fsp3) is 0.931. The molecule has 4 aliphatic rings. The Bertz CT molecular complexity index is 655. The van der Waals surface area contributed by atoms with E-state index in [9.17, 15) is 10.2 Å². The molecule has 0 saturated heterocycles. The summed E-state index contributed by atoms with van der Waals surface area (Å²) in [6.07, 6.45) is 15.2. The van der Waals surface area contributed by atoms with Crippen LogP contribution in [0.4, 0.5) is 0 Å². The summed E-state index contributed by atoms with van der Waals surface area (Å²) in [7, 11) is 0. The molecule has 4 fully saturated rings. The van der Waals surface area contributed by atoms with Gasteiger partial charge in [0.25, 0.3) is 0 Å². The molecule has 0 aromatic carbocycles. The molecule has 2 N–H and O–H groups in total. The number of aliphatic hydroxyl groups excluding tert-OH is 2. The molecule has 4 rings (SSSR count). The predicted octanol–water partition coefficient (Wildman–Crippen LogP) is 6.85. The molecule has 0 aromatic heterocycles. The minimum absolute atomic E-state index is 0.195. The molecule has 0 heterocycles. The number of rotatable bonds is 5.